The van der Waals surface area contributed by atoms with E-state index < -0.39 is 5.91 Å². The number of thiophene rings is 1. The van der Waals surface area contributed by atoms with Crippen molar-refractivity contribution in [3.63, 3.8) is 0 Å². The molecule has 0 atom stereocenters. The molecule has 4 aromatic rings. The van der Waals surface area contributed by atoms with Gasteiger partial charge < -0.3 is 17.2 Å². The molecule has 2 aromatic carbocycles. The lowest BCUT2D eigenvalue weighted by Gasteiger charge is -2.09. The third kappa shape index (κ3) is 2.66. The minimum atomic E-state index is -0.546. The second kappa shape index (κ2) is 6.16. The number of nitrogen functional groups attached to an aromatic ring is 2. The van der Waals surface area contributed by atoms with Crippen molar-refractivity contribution in [1.29, 1.82) is 0 Å². The van der Waals surface area contributed by atoms with Gasteiger partial charge in [0.15, 0.2) is 0 Å². The van der Waals surface area contributed by atoms with Crippen molar-refractivity contribution in [2.24, 2.45) is 5.73 Å². The van der Waals surface area contributed by atoms with Gasteiger partial charge in [0.05, 0.1) is 11.4 Å². The van der Waals surface area contributed by atoms with Crippen LogP contribution in [0.4, 0.5) is 11.4 Å². The largest absolute Gasteiger partial charge is 0.399 e. The highest BCUT2D eigenvalue weighted by Crippen LogP contribution is 2.41. The van der Waals surface area contributed by atoms with Gasteiger partial charge in [-0.15, -0.1) is 11.3 Å². The Balaban J connectivity index is 2.07. The van der Waals surface area contributed by atoms with Crippen molar-refractivity contribution in [3.8, 4) is 22.4 Å². The quantitative estimate of drug-likeness (QED) is 0.482. The smallest absolute Gasteiger partial charge is 0.260 e. The second-order valence-electron chi connectivity index (χ2n) is 5.94. The molecule has 6 heteroatoms. The average molecular weight is 360 g/mol. The minimum Gasteiger partial charge on any atom is -0.399 e. The van der Waals surface area contributed by atoms with Crippen molar-refractivity contribution in [3.05, 3.63) is 65.5 Å². The Bertz CT molecular complexity index is 1140. The molecule has 0 aliphatic rings. The molecule has 5 nitrogen and oxygen atoms in total. The molecule has 0 bridgehead atoms. The van der Waals surface area contributed by atoms with Gasteiger partial charge in [0.25, 0.3) is 5.91 Å². The van der Waals surface area contributed by atoms with E-state index in [1.165, 1.54) is 11.3 Å². The summed E-state index contributed by atoms with van der Waals surface area (Å²) in [7, 11) is 0. The molecule has 0 unspecified atom stereocenters. The lowest BCUT2D eigenvalue weighted by molar-refractivity contribution is 0.100. The molecule has 0 saturated heterocycles. The first-order chi connectivity index (χ1) is 12.5. The van der Waals surface area contributed by atoms with Crippen molar-refractivity contribution in [2.45, 2.75) is 0 Å². The van der Waals surface area contributed by atoms with Gasteiger partial charge in [-0.2, -0.15) is 0 Å². The summed E-state index contributed by atoms with van der Waals surface area (Å²) in [5.74, 6) is -0.546. The first-order valence-corrected chi connectivity index (χ1v) is 8.80. The zero-order valence-corrected chi connectivity index (χ0v) is 14.6. The molecule has 0 aliphatic carbocycles. The van der Waals surface area contributed by atoms with Gasteiger partial charge in [0.1, 0.15) is 9.71 Å². The molecule has 0 spiro atoms. The molecule has 0 aliphatic heterocycles. The summed E-state index contributed by atoms with van der Waals surface area (Å²) >= 11 is 1.21. The number of nitrogens with zero attached hydrogens (tertiary/aromatic N) is 1. The predicted octanol–water partition coefficient (Wildman–Crippen LogP) is 3.89. The number of carbonyl (C=O) groups excluding carboxylic acids is 1. The van der Waals surface area contributed by atoms with Gasteiger partial charge in [-0.05, 0) is 29.3 Å². The standard InChI is InChI=1S/C20H16N4OS/c21-13-8-4-7-12(9-13)15-10-14(11-5-2-1-3-6-11)16-17(22)18(19(23)25)26-20(16)24-15/h1-10H,21-22H2,(H2,23,25). The maximum atomic E-state index is 11.7. The Morgan fingerprint density at radius 2 is 1.65 bits per heavy atom. The average Bonchev–Trinajstić information content (AvgIpc) is 2.99. The predicted molar refractivity (Wildman–Crippen MR) is 108 cm³/mol. The van der Waals surface area contributed by atoms with Crippen LogP contribution in [-0.4, -0.2) is 10.9 Å². The SMILES string of the molecule is NC(=O)c1sc2nc(-c3cccc(N)c3)cc(-c3ccccc3)c2c1N. The highest BCUT2D eigenvalue weighted by molar-refractivity contribution is 7.21. The third-order valence-corrected chi connectivity index (χ3v) is 5.30. The normalized spacial score (nSPS) is 10.9. The van der Waals surface area contributed by atoms with Gasteiger partial charge in [-0.1, -0.05) is 42.5 Å². The fourth-order valence-electron chi connectivity index (χ4n) is 3.00. The number of fused-ring (bicyclic) bond motifs is 1. The van der Waals surface area contributed by atoms with Crippen molar-refractivity contribution >= 4 is 38.8 Å². The number of amides is 1. The number of hydrogen-bond acceptors (Lipinski definition) is 5. The van der Waals surface area contributed by atoms with E-state index in [0.29, 0.717) is 21.1 Å². The van der Waals surface area contributed by atoms with Gasteiger partial charge in [0, 0.05) is 16.6 Å². The van der Waals surface area contributed by atoms with E-state index in [2.05, 4.69) is 0 Å². The number of carbonyl (C=O) groups is 1. The summed E-state index contributed by atoms with van der Waals surface area (Å²) in [5.41, 5.74) is 22.2. The molecule has 26 heavy (non-hydrogen) atoms. The van der Waals surface area contributed by atoms with E-state index in [-0.39, 0.29) is 0 Å². The van der Waals surface area contributed by atoms with Crippen molar-refractivity contribution in [1.82, 2.24) is 4.98 Å². The maximum absolute atomic E-state index is 11.7. The number of rotatable bonds is 3. The topological polar surface area (TPSA) is 108 Å². The van der Waals surface area contributed by atoms with Gasteiger partial charge in [-0.25, -0.2) is 4.98 Å². The molecule has 4 rings (SSSR count). The van der Waals surface area contributed by atoms with Crippen LogP contribution < -0.4 is 17.2 Å². The summed E-state index contributed by atoms with van der Waals surface area (Å²) in [4.78, 5) is 17.5. The number of nitrogens with two attached hydrogens (primary N) is 3. The van der Waals surface area contributed by atoms with Crippen molar-refractivity contribution < 1.29 is 4.79 Å². The summed E-state index contributed by atoms with van der Waals surface area (Å²) < 4.78 is 0. The van der Waals surface area contributed by atoms with Crippen LogP contribution in [-0.2, 0) is 0 Å². The van der Waals surface area contributed by atoms with Gasteiger partial charge >= 0.3 is 0 Å². The maximum Gasteiger partial charge on any atom is 0.260 e. The highest BCUT2D eigenvalue weighted by Gasteiger charge is 2.20. The van der Waals surface area contributed by atoms with Crippen molar-refractivity contribution in [2.75, 3.05) is 11.5 Å². The molecule has 0 saturated carbocycles. The Kier molecular flexibility index (Phi) is 3.82. The van der Waals surface area contributed by atoms with Crippen LogP contribution in [0.2, 0.25) is 0 Å². The molecule has 128 valence electrons. The molecule has 0 radical (unpaired) electrons. The van der Waals surface area contributed by atoms with Crippen LogP contribution in [0.1, 0.15) is 9.67 Å². The van der Waals surface area contributed by atoms with E-state index in [9.17, 15) is 4.79 Å². The molecule has 0 fully saturated rings. The molecule has 6 N–H and O–H groups in total. The summed E-state index contributed by atoms with van der Waals surface area (Å²) in [6, 6.07) is 19.4. The summed E-state index contributed by atoms with van der Waals surface area (Å²) in [5, 5.41) is 0.752. The van der Waals surface area contributed by atoms with Crippen LogP contribution >= 0.6 is 11.3 Å². The number of hydrogen-bond donors (Lipinski definition) is 3. The van der Waals surface area contributed by atoms with Crippen LogP contribution in [0.25, 0.3) is 32.6 Å². The van der Waals surface area contributed by atoms with Crippen LogP contribution in [0.5, 0.6) is 0 Å². The lowest BCUT2D eigenvalue weighted by Crippen LogP contribution is -2.10. The Morgan fingerprint density at radius 1 is 0.923 bits per heavy atom. The number of aromatic nitrogens is 1. The number of benzene rings is 2. The second-order valence-corrected chi connectivity index (χ2v) is 6.93. The van der Waals surface area contributed by atoms with E-state index in [1.807, 2.05) is 60.7 Å². The first kappa shape index (κ1) is 16.1. The third-order valence-electron chi connectivity index (χ3n) is 4.19. The fourth-order valence-corrected chi connectivity index (χ4v) is 3.97. The zero-order valence-electron chi connectivity index (χ0n) is 13.8. The van der Waals surface area contributed by atoms with E-state index in [4.69, 9.17) is 22.2 Å². The highest BCUT2D eigenvalue weighted by atomic mass is 32.1. The monoisotopic (exact) mass is 360 g/mol. The summed E-state index contributed by atoms with van der Waals surface area (Å²) in [6.45, 7) is 0. The van der Waals surface area contributed by atoms with Crippen LogP contribution in [0, 0.1) is 0 Å². The molecular formula is C20H16N4OS. The molecular weight excluding hydrogens is 344 g/mol. The number of pyridine rings is 1. The van der Waals surface area contributed by atoms with E-state index in [0.717, 1.165) is 27.8 Å². The van der Waals surface area contributed by atoms with E-state index in [1.54, 1.807) is 0 Å². The Hall–Kier alpha value is -3.38. The van der Waals surface area contributed by atoms with Gasteiger partial charge in [0.2, 0.25) is 0 Å². The minimum absolute atomic E-state index is 0.328. The van der Waals surface area contributed by atoms with Crippen LogP contribution in [0.3, 0.4) is 0 Å². The van der Waals surface area contributed by atoms with Gasteiger partial charge in [-0.3, -0.25) is 4.79 Å². The first-order valence-electron chi connectivity index (χ1n) is 7.99. The fraction of sp³-hybridized carbons (Fsp3) is 0. The number of anilines is 2. The zero-order chi connectivity index (χ0) is 18.3. The molecule has 1 amide bonds. The Labute approximate surface area is 154 Å². The molecule has 2 aromatic heterocycles. The lowest BCUT2D eigenvalue weighted by atomic mass is 9.99. The Morgan fingerprint density at radius 3 is 2.35 bits per heavy atom. The summed E-state index contributed by atoms with van der Waals surface area (Å²) in [6.07, 6.45) is 0. The number of primary amides is 1. The molecule has 2 heterocycles. The van der Waals surface area contributed by atoms with E-state index >= 15 is 0 Å². The van der Waals surface area contributed by atoms with Crippen LogP contribution in [0.15, 0.2) is 60.7 Å².